The number of carbonyl (C=O) groups excluding carboxylic acids is 1. The Kier molecular flexibility index (Phi) is 5.88. The van der Waals surface area contributed by atoms with E-state index >= 15 is 0 Å². The first kappa shape index (κ1) is 17.5. The average Bonchev–Trinajstić information content (AvgIpc) is 2.68. The number of carbonyl (C=O) groups is 1. The lowest BCUT2D eigenvalue weighted by Gasteiger charge is -2.07. The zero-order chi connectivity index (χ0) is 18.2. The third kappa shape index (κ3) is 4.86. The maximum Gasteiger partial charge on any atom is 0.335 e. The van der Waals surface area contributed by atoms with Crippen LogP contribution in [0.15, 0.2) is 90.1 Å². The molecule has 0 unspecified atom stereocenters. The molecule has 0 saturated carbocycles. The highest BCUT2D eigenvalue weighted by Crippen LogP contribution is 2.12. The van der Waals surface area contributed by atoms with Crippen molar-refractivity contribution >= 4 is 11.7 Å². The Morgan fingerprint density at radius 3 is 2.04 bits per heavy atom. The van der Waals surface area contributed by atoms with Crippen molar-refractivity contribution in [3.63, 3.8) is 0 Å². The van der Waals surface area contributed by atoms with Crippen LogP contribution in [0, 0.1) is 5.82 Å². The van der Waals surface area contributed by atoms with Crippen molar-refractivity contribution in [1.29, 1.82) is 0 Å². The molecule has 0 atom stereocenters. The zero-order valence-corrected chi connectivity index (χ0v) is 14.1. The molecule has 3 aromatic carbocycles. The maximum atomic E-state index is 13.2. The molecule has 26 heavy (non-hydrogen) atoms. The number of aryl methyl sites for hydroxylation is 1. The first-order chi connectivity index (χ1) is 12.7. The van der Waals surface area contributed by atoms with Crippen molar-refractivity contribution in [1.82, 2.24) is 0 Å². The molecule has 0 saturated heterocycles. The van der Waals surface area contributed by atoms with Gasteiger partial charge in [-0.1, -0.05) is 78.0 Å². The van der Waals surface area contributed by atoms with E-state index in [1.807, 2.05) is 60.7 Å². The fourth-order valence-electron chi connectivity index (χ4n) is 2.55. The average molecular weight is 347 g/mol. The first-order valence-electron chi connectivity index (χ1n) is 8.35. The van der Waals surface area contributed by atoms with E-state index in [1.165, 1.54) is 12.1 Å². The van der Waals surface area contributed by atoms with Crippen molar-refractivity contribution in [2.24, 2.45) is 5.16 Å². The summed E-state index contributed by atoms with van der Waals surface area (Å²) in [7, 11) is 0. The van der Waals surface area contributed by atoms with Crippen LogP contribution in [0.2, 0.25) is 0 Å². The molecular weight excluding hydrogens is 329 g/mol. The molecule has 0 aliphatic carbocycles. The second-order valence-electron chi connectivity index (χ2n) is 5.77. The van der Waals surface area contributed by atoms with Crippen LogP contribution < -0.4 is 0 Å². The lowest BCUT2D eigenvalue weighted by Crippen LogP contribution is -2.08. The summed E-state index contributed by atoms with van der Waals surface area (Å²) in [6.07, 6.45) is 0.530. The van der Waals surface area contributed by atoms with Gasteiger partial charge in [-0.05, 0) is 24.1 Å². The minimum Gasteiger partial charge on any atom is -0.318 e. The van der Waals surface area contributed by atoms with E-state index in [4.69, 9.17) is 4.84 Å². The number of rotatable bonds is 6. The molecule has 3 aromatic rings. The molecule has 0 aliphatic rings. The normalized spacial score (nSPS) is 10.2. The van der Waals surface area contributed by atoms with Crippen LogP contribution in [-0.4, -0.2) is 11.7 Å². The highest BCUT2D eigenvalue weighted by atomic mass is 19.1. The lowest BCUT2D eigenvalue weighted by molar-refractivity contribution is -0.143. The van der Waals surface area contributed by atoms with Gasteiger partial charge in [-0.3, -0.25) is 0 Å². The van der Waals surface area contributed by atoms with Crippen molar-refractivity contribution in [2.75, 3.05) is 0 Å². The Morgan fingerprint density at radius 1 is 0.846 bits per heavy atom. The molecule has 0 heterocycles. The SMILES string of the molecule is O=C(CCc1cccc(F)c1)ON=C(c1ccccc1)c1ccccc1. The summed E-state index contributed by atoms with van der Waals surface area (Å²) in [6, 6.07) is 25.3. The van der Waals surface area contributed by atoms with E-state index in [-0.39, 0.29) is 12.2 Å². The zero-order valence-electron chi connectivity index (χ0n) is 14.1. The third-order valence-electron chi connectivity index (χ3n) is 3.84. The molecule has 0 aliphatic heterocycles. The van der Waals surface area contributed by atoms with Crippen molar-refractivity contribution in [3.8, 4) is 0 Å². The van der Waals surface area contributed by atoms with Gasteiger partial charge in [0.25, 0.3) is 0 Å². The van der Waals surface area contributed by atoms with Gasteiger partial charge in [0.2, 0.25) is 0 Å². The smallest absolute Gasteiger partial charge is 0.318 e. The van der Waals surface area contributed by atoms with E-state index < -0.39 is 5.97 Å². The summed E-state index contributed by atoms with van der Waals surface area (Å²) in [5.74, 6) is -0.775. The van der Waals surface area contributed by atoms with Gasteiger partial charge in [-0.2, -0.15) is 0 Å². The summed E-state index contributed by atoms with van der Waals surface area (Å²) in [5.41, 5.74) is 3.05. The second kappa shape index (κ2) is 8.72. The van der Waals surface area contributed by atoms with E-state index in [9.17, 15) is 9.18 Å². The first-order valence-corrected chi connectivity index (χ1v) is 8.35. The van der Waals surface area contributed by atoms with Crippen molar-refractivity contribution in [2.45, 2.75) is 12.8 Å². The predicted molar refractivity (Wildman–Crippen MR) is 99.3 cm³/mol. The van der Waals surface area contributed by atoms with Crippen LogP contribution in [0.25, 0.3) is 0 Å². The van der Waals surface area contributed by atoms with Gasteiger partial charge in [0.05, 0.1) is 6.42 Å². The Balaban J connectivity index is 1.71. The molecule has 4 heteroatoms. The molecule has 3 rings (SSSR count). The van der Waals surface area contributed by atoms with Crippen molar-refractivity contribution in [3.05, 3.63) is 107 Å². The van der Waals surface area contributed by atoms with Crippen LogP contribution in [0.3, 0.4) is 0 Å². The Morgan fingerprint density at radius 2 is 1.46 bits per heavy atom. The van der Waals surface area contributed by atoms with Crippen LogP contribution in [0.4, 0.5) is 4.39 Å². The standard InChI is InChI=1S/C22H18FNO2/c23-20-13-7-8-17(16-20)14-15-21(25)26-24-22(18-9-3-1-4-10-18)19-11-5-2-6-12-19/h1-13,16H,14-15H2. The molecule has 3 nitrogen and oxygen atoms in total. The fraction of sp³-hybridized carbons (Fsp3) is 0.0909. The molecule has 0 bridgehead atoms. The Labute approximate surface area is 151 Å². The predicted octanol–water partition coefficient (Wildman–Crippen LogP) is 4.75. The minimum atomic E-state index is -0.460. The highest BCUT2D eigenvalue weighted by Gasteiger charge is 2.10. The summed E-state index contributed by atoms with van der Waals surface area (Å²) in [6.45, 7) is 0. The Bertz CT molecular complexity index is 851. The van der Waals surface area contributed by atoms with Crippen LogP contribution in [0.1, 0.15) is 23.1 Å². The van der Waals surface area contributed by atoms with Crippen LogP contribution in [-0.2, 0) is 16.1 Å². The molecular formula is C22H18FNO2. The molecule has 0 amide bonds. The Hall–Kier alpha value is -3.27. The topological polar surface area (TPSA) is 38.7 Å². The van der Waals surface area contributed by atoms with E-state index in [2.05, 4.69) is 5.16 Å². The molecule has 0 radical (unpaired) electrons. The summed E-state index contributed by atoms with van der Waals surface area (Å²) in [5, 5.41) is 4.09. The summed E-state index contributed by atoms with van der Waals surface area (Å²) >= 11 is 0. The van der Waals surface area contributed by atoms with Crippen LogP contribution in [0.5, 0.6) is 0 Å². The summed E-state index contributed by atoms with van der Waals surface area (Å²) in [4.78, 5) is 17.2. The second-order valence-corrected chi connectivity index (χ2v) is 5.77. The van der Waals surface area contributed by atoms with E-state index in [0.717, 1.165) is 16.7 Å². The van der Waals surface area contributed by atoms with Gasteiger partial charge >= 0.3 is 5.97 Å². The third-order valence-corrected chi connectivity index (χ3v) is 3.84. The fourth-order valence-corrected chi connectivity index (χ4v) is 2.55. The number of oxime groups is 1. The summed E-state index contributed by atoms with van der Waals surface area (Å²) < 4.78 is 13.2. The maximum absolute atomic E-state index is 13.2. The quantitative estimate of drug-likeness (QED) is 0.366. The molecule has 0 fully saturated rings. The van der Waals surface area contributed by atoms with Crippen molar-refractivity contribution < 1.29 is 14.0 Å². The number of hydrogen-bond donors (Lipinski definition) is 0. The van der Waals surface area contributed by atoms with Gasteiger partial charge in [0.15, 0.2) is 0 Å². The molecule has 0 spiro atoms. The number of hydrogen-bond acceptors (Lipinski definition) is 3. The van der Waals surface area contributed by atoms with Gasteiger partial charge in [-0.25, -0.2) is 9.18 Å². The number of benzene rings is 3. The van der Waals surface area contributed by atoms with E-state index in [0.29, 0.717) is 12.1 Å². The molecule has 0 N–H and O–H groups in total. The van der Waals surface area contributed by atoms with E-state index in [1.54, 1.807) is 12.1 Å². The molecule has 130 valence electrons. The molecule has 0 aromatic heterocycles. The van der Waals surface area contributed by atoms with Crippen LogP contribution >= 0.6 is 0 Å². The van der Waals surface area contributed by atoms with Gasteiger partial charge in [-0.15, -0.1) is 0 Å². The monoisotopic (exact) mass is 347 g/mol. The minimum absolute atomic E-state index is 0.129. The van der Waals surface area contributed by atoms with Gasteiger partial charge < -0.3 is 4.84 Å². The van der Waals surface area contributed by atoms with Gasteiger partial charge in [0.1, 0.15) is 11.5 Å². The number of nitrogens with zero attached hydrogens (tertiary/aromatic N) is 1. The van der Waals surface area contributed by atoms with Gasteiger partial charge in [0, 0.05) is 11.1 Å². The lowest BCUT2D eigenvalue weighted by atomic mass is 10.0. The largest absolute Gasteiger partial charge is 0.335 e. The highest BCUT2D eigenvalue weighted by molar-refractivity contribution is 6.12. The number of halogens is 1.